The molecule has 52 valence electrons. The molecule has 4 N–H and O–H groups in total. The predicted octanol–water partition coefficient (Wildman–Crippen LogP) is -0.0297. The Bertz CT molecular complexity index is 138. The van der Waals surface area contributed by atoms with Gasteiger partial charge in [0.25, 0.3) is 0 Å². The standard InChI is InChI=1S/C6H12N2O/c1-4(2)5(7)3-6(8)9/h3-4H,7H2,1-2H3,(H2,8,9)/b5-3-. The first-order chi connectivity index (χ1) is 4.04. The number of amides is 1. The van der Waals surface area contributed by atoms with Crippen LogP contribution in [0, 0.1) is 5.92 Å². The van der Waals surface area contributed by atoms with Crippen LogP contribution in [-0.4, -0.2) is 5.91 Å². The summed E-state index contributed by atoms with van der Waals surface area (Å²) in [6.07, 6.45) is 1.24. The van der Waals surface area contributed by atoms with Crippen molar-refractivity contribution in [2.75, 3.05) is 0 Å². The molecular formula is C6H12N2O. The Balaban J connectivity index is 4.00. The smallest absolute Gasteiger partial charge is 0.243 e. The molecule has 0 aromatic heterocycles. The van der Waals surface area contributed by atoms with E-state index in [2.05, 4.69) is 0 Å². The summed E-state index contributed by atoms with van der Waals surface area (Å²) in [7, 11) is 0. The van der Waals surface area contributed by atoms with E-state index in [9.17, 15) is 4.79 Å². The first-order valence-corrected chi connectivity index (χ1v) is 2.80. The van der Waals surface area contributed by atoms with E-state index in [1.807, 2.05) is 13.8 Å². The number of carbonyl (C=O) groups is 1. The number of primary amides is 1. The van der Waals surface area contributed by atoms with Crippen LogP contribution in [0.4, 0.5) is 0 Å². The van der Waals surface area contributed by atoms with Gasteiger partial charge in [0.15, 0.2) is 0 Å². The van der Waals surface area contributed by atoms with Crippen LogP contribution in [-0.2, 0) is 4.79 Å². The number of carbonyl (C=O) groups excluding carboxylic acids is 1. The molecule has 0 fully saturated rings. The van der Waals surface area contributed by atoms with Crippen molar-refractivity contribution in [3.8, 4) is 0 Å². The summed E-state index contributed by atoms with van der Waals surface area (Å²) < 4.78 is 0. The molecule has 0 spiro atoms. The number of nitrogens with two attached hydrogens (primary N) is 2. The average molecular weight is 128 g/mol. The Labute approximate surface area is 54.7 Å². The molecule has 0 saturated heterocycles. The van der Waals surface area contributed by atoms with Crippen LogP contribution < -0.4 is 11.5 Å². The molecule has 0 aromatic rings. The van der Waals surface area contributed by atoms with E-state index in [0.29, 0.717) is 5.70 Å². The van der Waals surface area contributed by atoms with Crippen molar-refractivity contribution in [2.45, 2.75) is 13.8 Å². The van der Waals surface area contributed by atoms with E-state index in [-0.39, 0.29) is 5.92 Å². The SMILES string of the molecule is CC(C)/C(N)=C/C(N)=O. The minimum Gasteiger partial charge on any atom is -0.402 e. The van der Waals surface area contributed by atoms with Gasteiger partial charge in [0.05, 0.1) is 0 Å². The number of hydrogen-bond donors (Lipinski definition) is 2. The van der Waals surface area contributed by atoms with Crippen LogP contribution >= 0.6 is 0 Å². The zero-order valence-corrected chi connectivity index (χ0v) is 5.72. The summed E-state index contributed by atoms with van der Waals surface area (Å²) in [5.74, 6) is -0.293. The Morgan fingerprint density at radius 3 is 2.00 bits per heavy atom. The fourth-order valence-corrected chi connectivity index (χ4v) is 0.331. The molecule has 0 aliphatic heterocycles. The molecule has 0 bridgehead atoms. The second kappa shape index (κ2) is 3.12. The second-order valence-electron chi connectivity index (χ2n) is 2.20. The minimum absolute atomic E-state index is 0.192. The third kappa shape index (κ3) is 3.58. The highest BCUT2D eigenvalue weighted by molar-refractivity contribution is 5.86. The summed E-state index contributed by atoms with van der Waals surface area (Å²) in [5.41, 5.74) is 10.7. The molecule has 0 aromatic carbocycles. The molecule has 0 heterocycles. The van der Waals surface area contributed by atoms with Gasteiger partial charge >= 0.3 is 0 Å². The summed E-state index contributed by atoms with van der Waals surface area (Å²) in [6.45, 7) is 3.80. The molecule has 0 saturated carbocycles. The first-order valence-electron chi connectivity index (χ1n) is 2.80. The molecule has 0 rings (SSSR count). The van der Waals surface area contributed by atoms with Gasteiger partial charge in [-0.3, -0.25) is 4.79 Å². The van der Waals surface area contributed by atoms with E-state index in [0.717, 1.165) is 0 Å². The maximum absolute atomic E-state index is 10.2. The van der Waals surface area contributed by atoms with Crippen molar-refractivity contribution in [1.82, 2.24) is 0 Å². The van der Waals surface area contributed by atoms with Crippen molar-refractivity contribution in [2.24, 2.45) is 17.4 Å². The molecule has 9 heavy (non-hydrogen) atoms. The molecule has 0 unspecified atom stereocenters. The van der Waals surface area contributed by atoms with Gasteiger partial charge in [0, 0.05) is 11.8 Å². The fourth-order valence-electron chi connectivity index (χ4n) is 0.331. The average Bonchev–Trinajstić information content (AvgIpc) is 1.63. The summed E-state index contributed by atoms with van der Waals surface area (Å²) in [4.78, 5) is 10.2. The van der Waals surface area contributed by atoms with Crippen LogP contribution in [0.15, 0.2) is 11.8 Å². The number of allylic oxidation sites excluding steroid dienone is 1. The summed E-state index contributed by atoms with van der Waals surface area (Å²) in [5, 5.41) is 0. The monoisotopic (exact) mass is 128 g/mol. The molecule has 0 aliphatic carbocycles. The quantitative estimate of drug-likeness (QED) is 0.513. The summed E-state index contributed by atoms with van der Waals surface area (Å²) in [6, 6.07) is 0. The normalized spacial score (nSPS) is 12.1. The van der Waals surface area contributed by atoms with E-state index in [4.69, 9.17) is 11.5 Å². The lowest BCUT2D eigenvalue weighted by Gasteiger charge is -2.01. The van der Waals surface area contributed by atoms with Gasteiger partial charge < -0.3 is 11.5 Å². The number of hydrogen-bond acceptors (Lipinski definition) is 2. The predicted molar refractivity (Wildman–Crippen MR) is 36.3 cm³/mol. The van der Waals surface area contributed by atoms with E-state index < -0.39 is 5.91 Å². The summed E-state index contributed by atoms with van der Waals surface area (Å²) >= 11 is 0. The van der Waals surface area contributed by atoms with Gasteiger partial charge in [-0.05, 0) is 5.92 Å². The van der Waals surface area contributed by atoms with Gasteiger partial charge in [-0.1, -0.05) is 13.8 Å². The fraction of sp³-hybridized carbons (Fsp3) is 0.500. The van der Waals surface area contributed by atoms with E-state index in [1.165, 1.54) is 6.08 Å². The van der Waals surface area contributed by atoms with Crippen LogP contribution in [0.2, 0.25) is 0 Å². The topological polar surface area (TPSA) is 69.1 Å². The Morgan fingerprint density at radius 1 is 1.44 bits per heavy atom. The highest BCUT2D eigenvalue weighted by atomic mass is 16.1. The second-order valence-corrected chi connectivity index (χ2v) is 2.20. The lowest BCUT2D eigenvalue weighted by Crippen LogP contribution is -2.13. The van der Waals surface area contributed by atoms with Crippen LogP contribution in [0.25, 0.3) is 0 Å². The Morgan fingerprint density at radius 2 is 1.89 bits per heavy atom. The molecule has 0 aliphatic rings. The Kier molecular flexibility index (Phi) is 2.78. The van der Waals surface area contributed by atoms with Crippen molar-refractivity contribution in [1.29, 1.82) is 0 Å². The number of rotatable bonds is 2. The molecule has 0 radical (unpaired) electrons. The van der Waals surface area contributed by atoms with Crippen molar-refractivity contribution >= 4 is 5.91 Å². The molecular weight excluding hydrogens is 116 g/mol. The molecule has 1 amide bonds. The third-order valence-corrected chi connectivity index (χ3v) is 0.976. The van der Waals surface area contributed by atoms with Gasteiger partial charge in [0.2, 0.25) is 5.91 Å². The van der Waals surface area contributed by atoms with Crippen molar-refractivity contribution < 1.29 is 4.79 Å². The molecule has 0 atom stereocenters. The van der Waals surface area contributed by atoms with Gasteiger partial charge in [-0.15, -0.1) is 0 Å². The molecule has 3 heteroatoms. The lowest BCUT2D eigenvalue weighted by molar-refractivity contribution is -0.113. The van der Waals surface area contributed by atoms with Gasteiger partial charge in [0.1, 0.15) is 0 Å². The first kappa shape index (κ1) is 8.01. The van der Waals surface area contributed by atoms with Crippen LogP contribution in [0.1, 0.15) is 13.8 Å². The lowest BCUT2D eigenvalue weighted by atomic mass is 10.1. The zero-order valence-electron chi connectivity index (χ0n) is 5.72. The van der Waals surface area contributed by atoms with E-state index in [1.54, 1.807) is 0 Å². The minimum atomic E-state index is -0.485. The Hall–Kier alpha value is -0.990. The van der Waals surface area contributed by atoms with Gasteiger partial charge in [-0.25, -0.2) is 0 Å². The van der Waals surface area contributed by atoms with E-state index >= 15 is 0 Å². The van der Waals surface area contributed by atoms with Crippen LogP contribution in [0.3, 0.4) is 0 Å². The largest absolute Gasteiger partial charge is 0.402 e. The highest BCUT2D eigenvalue weighted by Crippen LogP contribution is 1.99. The molecule has 3 nitrogen and oxygen atoms in total. The maximum atomic E-state index is 10.2. The third-order valence-electron chi connectivity index (χ3n) is 0.976. The highest BCUT2D eigenvalue weighted by Gasteiger charge is 1.97. The van der Waals surface area contributed by atoms with Crippen LogP contribution in [0.5, 0.6) is 0 Å². The van der Waals surface area contributed by atoms with Crippen molar-refractivity contribution in [3.05, 3.63) is 11.8 Å². The van der Waals surface area contributed by atoms with Crippen molar-refractivity contribution in [3.63, 3.8) is 0 Å². The van der Waals surface area contributed by atoms with Gasteiger partial charge in [-0.2, -0.15) is 0 Å². The zero-order chi connectivity index (χ0) is 7.44. The maximum Gasteiger partial charge on any atom is 0.243 e.